The van der Waals surface area contributed by atoms with Crippen molar-refractivity contribution in [3.63, 3.8) is 0 Å². The molecule has 1 aromatic carbocycles. The molecule has 0 N–H and O–H groups in total. The van der Waals surface area contributed by atoms with Crippen molar-refractivity contribution >= 4 is 11.8 Å². The first-order valence-electron chi connectivity index (χ1n) is 5.44. The van der Waals surface area contributed by atoms with E-state index >= 15 is 0 Å². The molecule has 1 heterocycles. The molecule has 2 nitrogen and oxygen atoms in total. The van der Waals surface area contributed by atoms with E-state index in [2.05, 4.69) is 29.8 Å². The van der Waals surface area contributed by atoms with E-state index in [-0.39, 0.29) is 0 Å². The van der Waals surface area contributed by atoms with Crippen LogP contribution in [-0.2, 0) is 0 Å². The van der Waals surface area contributed by atoms with E-state index in [0.29, 0.717) is 0 Å². The molecule has 2 heteroatoms. The maximum absolute atomic E-state index is 4.03. The van der Waals surface area contributed by atoms with Crippen molar-refractivity contribution in [3.05, 3.63) is 79.4 Å². The van der Waals surface area contributed by atoms with Crippen molar-refractivity contribution < 1.29 is 0 Å². The lowest BCUT2D eigenvalue weighted by Crippen LogP contribution is -1.89. The van der Waals surface area contributed by atoms with Gasteiger partial charge in [-0.25, -0.2) is 4.98 Å². The van der Waals surface area contributed by atoms with Gasteiger partial charge in [0.05, 0.1) is 6.33 Å². The minimum absolute atomic E-state index is 1.03. The summed E-state index contributed by atoms with van der Waals surface area (Å²) in [6.07, 6.45) is 13.3. The SMILES string of the molecule is C=CC=C(C=Cc1ccccc1)n1ccnc1. The monoisotopic (exact) mass is 222 g/mol. The van der Waals surface area contributed by atoms with Crippen molar-refractivity contribution in [1.82, 2.24) is 9.55 Å². The average molecular weight is 222 g/mol. The lowest BCUT2D eigenvalue weighted by Gasteiger charge is -2.01. The largest absolute Gasteiger partial charge is 0.306 e. The number of rotatable bonds is 4. The number of aromatic nitrogens is 2. The molecule has 0 aliphatic rings. The normalized spacial score (nSPS) is 11.9. The summed E-state index contributed by atoms with van der Waals surface area (Å²) in [4.78, 5) is 4.03. The molecular weight excluding hydrogens is 208 g/mol. The smallest absolute Gasteiger partial charge is 0.0991 e. The quantitative estimate of drug-likeness (QED) is 0.722. The van der Waals surface area contributed by atoms with Crippen LogP contribution in [0, 0.1) is 0 Å². The molecule has 0 saturated carbocycles. The average Bonchev–Trinajstić information content (AvgIpc) is 2.89. The Bertz CT molecular complexity index is 519. The Balaban J connectivity index is 2.23. The van der Waals surface area contributed by atoms with E-state index in [0.717, 1.165) is 5.70 Å². The summed E-state index contributed by atoms with van der Waals surface area (Å²) in [6.45, 7) is 3.72. The lowest BCUT2D eigenvalue weighted by atomic mass is 10.2. The van der Waals surface area contributed by atoms with E-state index in [9.17, 15) is 0 Å². The van der Waals surface area contributed by atoms with Crippen molar-refractivity contribution in [3.8, 4) is 0 Å². The molecule has 0 atom stereocenters. The molecular formula is C15H14N2. The first kappa shape index (κ1) is 11.1. The molecule has 0 radical (unpaired) electrons. The fourth-order valence-corrected chi connectivity index (χ4v) is 1.51. The zero-order chi connectivity index (χ0) is 11.9. The van der Waals surface area contributed by atoms with Gasteiger partial charge in [-0.2, -0.15) is 0 Å². The molecule has 0 aliphatic heterocycles. The van der Waals surface area contributed by atoms with E-state index < -0.39 is 0 Å². The molecule has 84 valence electrons. The van der Waals surface area contributed by atoms with Crippen LogP contribution in [0.2, 0.25) is 0 Å². The molecule has 0 amide bonds. The van der Waals surface area contributed by atoms with E-state index in [1.165, 1.54) is 5.56 Å². The molecule has 2 rings (SSSR count). The zero-order valence-electron chi connectivity index (χ0n) is 9.53. The summed E-state index contributed by atoms with van der Waals surface area (Å²) in [6, 6.07) is 10.2. The Morgan fingerprint density at radius 1 is 1.24 bits per heavy atom. The summed E-state index contributed by atoms with van der Waals surface area (Å²) < 4.78 is 1.95. The molecule has 0 fully saturated rings. The third kappa shape index (κ3) is 3.05. The van der Waals surface area contributed by atoms with E-state index in [1.807, 2.05) is 41.1 Å². The van der Waals surface area contributed by atoms with Crippen molar-refractivity contribution in [2.45, 2.75) is 0 Å². The summed E-state index contributed by atoms with van der Waals surface area (Å²) in [7, 11) is 0. The van der Waals surface area contributed by atoms with Gasteiger partial charge in [0.25, 0.3) is 0 Å². The van der Waals surface area contributed by atoms with Crippen LogP contribution in [-0.4, -0.2) is 9.55 Å². The standard InChI is InChI=1S/C15H14N2/c1-2-6-15(17-12-11-16-13-17)10-9-14-7-4-3-5-8-14/h2-13H,1H2. The molecule has 0 unspecified atom stereocenters. The maximum Gasteiger partial charge on any atom is 0.0991 e. The van der Waals surface area contributed by atoms with Crippen LogP contribution in [0.1, 0.15) is 5.56 Å². The Morgan fingerprint density at radius 3 is 2.71 bits per heavy atom. The highest BCUT2D eigenvalue weighted by atomic mass is 15.0. The van der Waals surface area contributed by atoms with Gasteiger partial charge >= 0.3 is 0 Å². The van der Waals surface area contributed by atoms with Crippen LogP contribution in [0.15, 0.2) is 73.9 Å². The van der Waals surface area contributed by atoms with Gasteiger partial charge in [-0.3, -0.25) is 0 Å². The maximum atomic E-state index is 4.03. The number of imidazole rings is 1. The second-order valence-corrected chi connectivity index (χ2v) is 3.54. The first-order chi connectivity index (χ1) is 8.40. The van der Waals surface area contributed by atoms with Crippen molar-refractivity contribution in [2.75, 3.05) is 0 Å². The first-order valence-corrected chi connectivity index (χ1v) is 5.44. The molecule has 17 heavy (non-hydrogen) atoms. The van der Waals surface area contributed by atoms with Crippen LogP contribution < -0.4 is 0 Å². The number of allylic oxidation sites excluding steroid dienone is 4. The molecule has 0 spiro atoms. The second-order valence-electron chi connectivity index (χ2n) is 3.54. The third-order valence-electron chi connectivity index (χ3n) is 2.34. The van der Waals surface area contributed by atoms with Gasteiger partial charge in [-0.1, -0.05) is 49.1 Å². The lowest BCUT2D eigenvalue weighted by molar-refractivity contribution is 1.10. The van der Waals surface area contributed by atoms with Gasteiger partial charge in [-0.05, 0) is 17.7 Å². The van der Waals surface area contributed by atoms with Gasteiger partial charge in [0.1, 0.15) is 0 Å². The Hall–Kier alpha value is -2.35. The Morgan fingerprint density at radius 2 is 2.06 bits per heavy atom. The number of benzene rings is 1. The topological polar surface area (TPSA) is 17.8 Å². The summed E-state index contributed by atoms with van der Waals surface area (Å²) in [5.41, 5.74) is 2.20. The van der Waals surface area contributed by atoms with Crippen molar-refractivity contribution in [1.29, 1.82) is 0 Å². The molecule has 0 saturated heterocycles. The fraction of sp³-hybridized carbons (Fsp3) is 0. The number of hydrogen-bond acceptors (Lipinski definition) is 1. The van der Waals surface area contributed by atoms with Gasteiger partial charge in [0.15, 0.2) is 0 Å². The van der Waals surface area contributed by atoms with Crippen LogP contribution in [0.3, 0.4) is 0 Å². The van der Waals surface area contributed by atoms with Crippen LogP contribution in [0.25, 0.3) is 11.8 Å². The summed E-state index contributed by atoms with van der Waals surface area (Å²) in [5.74, 6) is 0. The number of hydrogen-bond donors (Lipinski definition) is 0. The predicted molar refractivity (Wildman–Crippen MR) is 72.2 cm³/mol. The van der Waals surface area contributed by atoms with Crippen LogP contribution in [0.4, 0.5) is 0 Å². The molecule has 0 bridgehead atoms. The molecule has 0 aliphatic carbocycles. The fourth-order valence-electron chi connectivity index (χ4n) is 1.51. The van der Waals surface area contributed by atoms with Crippen molar-refractivity contribution in [2.24, 2.45) is 0 Å². The molecule has 2 aromatic rings. The van der Waals surface area contributed by atoms with Gasteiger partial charge < -0.3 is 4.57 Å². The summed E-state index contributed by atoms with van der Waals surface area (Å²) >= 11 is 0. The third-order valence-corrected chi connectivity index (χ3v) is 2.34. The van der Waals surface area contributed by atoms with E-state index in [1.54, 1.807) is 18.6 Å². The summed E-state index contributed by atoms with van der Waals surface area (Å²) in [5, 5.41) is 0. The zero-order valence-corrected chi connectivity index (χ0v) is 9.53. The highest BCUT2D eigenvalue weighted by Crippen LogP contribution is 2.09. The Kier molecular flexibility index (Phi) is 3.71. The minimum Gasteiger partial charge on any atom is -0.306 e. The van der Waals surface area contributed by atoms with E-state index in [4.69, 9.17) is 0 Å². The highest BCUT2D eigenvalue weighted by molar-refractivity contribution is 5.68. The second kappa shape index (κ2) is 5.66. The van der Waals surface area contributed by atoms with Crippen LogP contribution >= 0.6 is 0 Å². The highest BCUT2D eigenvalue weighted by Gasteiger charge is 1.93. The van der Waals surface area contributed by atoms with Gasteiger partial charge in [-0.15, -0.1) is 0 Å². The predicted octanol–water partition coefficient (Wildman–Crippen LogP) is 3.62. The van der Waals surface area contributed by atoms with Crippen LogP contribution in [0.5, 0.6) is 0 Å². The Labute approximate surface area is 101 Å². The number of nitrogens with zero attached hydrogens (tertiary/aromatic N) is 2. The van der Waals surface area contributed by atoms with Gasteiger partial charge in [0, 0.05) is 18.1 Å². The van der Waals surface area contributed by atoms with Gasteiger partial charge in [0.2, 0.25) is 0 Å². The molecule has 1 aromatic heterocycles. The minimum atomic E-state index is 1.03.